The van der Waals surface area contributed by atoms with Gasteiger partial charge >= 0.3 is 0 Å². The zero-order valence-corrected chi connectivity index (χ0v) is 12.2. The third-order valence-electron chi connectivity index (χ3n) is 3.80. The van der Waals surface area contributed by atoms with Gasteiger partial charge in [0.05, 0.1) is 16.3 Å². The van der Waals surface area contributed by atoms with E-state index in [2.05, 4.69) is 17.0 Å². The second-order valence-electron chi connectivity index (χ2n) is 5.20. The molecule has 4 nitrogen and oxygen atoms in total. The predicted molar refractivity (Wildman–Crippen MR) is 85.6 cm³/mol. The molecule has 1 heterocycles. The number of benzene rings is 2. The van der Waals surface area contributed by atoms with Crippen LogP contribution in [-0.2, 0) is 13.0 Å². The van der Waals surface area contributed by atoms with Crippen molar-refractivity contribution in [2.24, 2.45) is 5.73 Å². The lowest BCUT2D eigenvalue weighted by atomic mass is 9.98. The molecule has 3 rings (SSSR count). The van der Waals surface area contributed by atoms with Crippen LogP contribution in [0.2, 0.25) is 5.02 Å². The van der Waals surface area contributed by atoms with E-state index in [1.54, 1.807) is 12.1 Å². The van der Waals surface area contributed by atoms with E-state index in [1.807, 2.05) is 12.1 Å². The fourth-order valence-electron chi connectivity index (χ4n) is 2.82. The van der Waals surface area contributed by atoms with E-state index >= 15 is 0 Å². The van der Waals surface area contributed by atoms with Gasteiger partial charge in [-0.2, -0.15) is 0 Å². The molecular formula is C16H16ClN3O. The molecule has 0 aromatic heterocycles. The van der Waals surface area contributed by atoms with Crippen molar-refractivity contribution in [3.8, 4) is 0 Å². The minimum absolute atomic E-state index is 0.374. The summed E-state index contributed by atoms with van der Waals surface area (Å²) in [5.74, 6) is -0.516. The molecule has 108 valence electrons. The molecule has 1 aliphatic heterocycles. The van der Waals surface area contributed by atoms with Gasteiger partial charge in [0.2, 0.25) is 0 Å². The monoisotopic (exact) mass is 301 g/mol. The van der Waals surface area contributed by atoms with Gasteiger partial charge in [-0.3, -0.25) is 4.79 Å². The summed E-state index contributed by atoms with van der Waals surface area (Å²) in [4.78, 5) is 13.8. The minimum atomic E-state index is -0.516. The molecule has 2 aromatic carbocycles. The average molecular weight is 302 g/mol. The standard InChI is InChI=1S/C16H16ClN3O/c17-14-8-12(18)7-13(16(19)21)15(14)20-6-5-10-3-1-2-4-11(10)9-20/h1-4,7-8H,5-6,9,18H2,(H2,19,21). The first-order valence-corrected chi connectivity index (χ1v) is 7.14. The Kier molecular flexibility index (Phi) is 3.47. The van der Waals surface area contributed by atoms with E-state index in [-0.39, 0.29) is 0 Å². The van der Waals surface area contributed by atoms with Crippen molar-refractivity contribution in [3.05, 3.63) is 58.1 Å². The summed E-state index contributed by atoms with van der Waals surface area (Å²) < 4.78 is 0. The zero-order chi connectivity index (χ0) is 15.0. The second kappa shape index (κ2) is 5.30. The van der Waals surface area contributed by atoms with Gasteiger partial charge in [0.1, 0.15) is 0 Å². The number of nitrogen functional groups attached to an aromatic ring is 1. The molecule has 0 saturated carbocycles. The number of carbonyl (C=O) groups excluding carboxylic acids is 1. The topological polar surface area (TPSA) is 72.3 Å². The lowest BCUT2D eigenvalue weighted by molar-refractivity contribution is 0.100. The summed E-state index contributed by atoms with van der Waals surface area (Å²) in [6, 6.07) is 11.5. The van der Waals surface area contributed by atoms with Crippen molar-refractivity contribution < 1.29 is 4.79 Å². The van der Waals surface area contributed by atoms with Crippen LogP contribution in [0.1, 0.15) is 21.5 Å². The molecule has 2 aromatic rings. The molecule has 0 fully saturated rings. The molecule has 0 saturated heterocycles. The Morgan fingerprint density at radius 1 is 1.19 bits per heavy atom. The van der Waals surface area contributed by atoms with Crippen LogP contribution in [0.15, 0.2) is 36.4 Å². The number of rotatable bonds is 2. The second-order valence-corrected chi connectivity index (χ2v) is 5.61. The van der Waals surface area contributed by atoms with E-state index in [4.69, 9.17) is 23.1 Å². The highest BCUT2D eigenvalue weighted by Crippen LogP contribution is 2.35. The predicted octanol–water partition coefficient (Wildman–Crippen LogP) is 2.58. The molecule has 21 heavy (non-hydrogen) atoms. The number of hydrogen-bond donors (Lipinski definition) is 2. The molecule has 0 atom stereocenters. The lowest BCUT2D eigenvalue weighted by Crippen LogP contribution is -2.32. The van der Waals surface area contributed by atoms with Crippen molar-refractivity contribution in [1.29, 1.82) is 0 Å². The summed E-state index contributed by atoms with van der Waals surface area (Å²) >= 11 is 6.31. The van der Waals surface area contributed by atoms with Crippen molar-refractivity contribution in [2.45, 2.75) is 13.0 Å². The summed E-state index contributed by atoms with van der Waals surface area (Å²) in [7, 11) is 0. The number of fused-ring (bicyclic) bond motifs is 1. The maximum atomic E-state index is 11.7. The number of hydrogen-bond acceptors (Lipinski definition) is 3. The van der Waals surface area contributed by atoms with Crippen LogP contribution in [-0.4, -0.2) is 12.5 Å². The maximum absolute atomic E-state index is 11.7. The van der Waals surface area contributed by atoms with Gasteiger partial charge in [-0.25, -0.2) is 0 Å². The number of nitrogens with zero attached hydrogens (tertiary/aromatic N) is 1. The SMILES string of the molecule is NC(=O)c1cc(N)cc(Cl)c1N1CCc2ccccc2C1. The maximum Gasteiger partial charge on any atom is 0.250 e. The van der Waals surface area contributed by atoms with E-state index in [0.29, 0.717) is 28.5 Å². The van der Waals surface area contributed by atoms with Crippen molar-refractivity contribution >= 4 is 28.9 Å². The summed E-state index contributed by atoms with van der Waals surface area (Å²) in [5, 5.41) is 0.461. The van der Waals surface area contributed by atoms with Gasteiger partial charge in [-0.1, -0.05) is 35.9 Å². The normalized spacial score (nSPS) is 13.9. The first-order chi connectivity index (χ1) is 10.1. The van der Waals surface area contributed by atoms with Crippen molar-refractivity contribution in [1.82, 2.24) is 0 Å². The molecule has 4 N–H and O–H groups in total. The zero-order valence-electron chi connectivity index (χ0n) is 11.5. The van der Waals surface area contributed by atoms with E-state index < -0.39 is 5.91 Å². The minimum Gasteiger partial charge on any atom is -0.399 e. The number of nitrogens with two attached hydrogens (primary N) is 2. The Bertz CT molecular complexity index is 715. The highest BCUT2D eigenvalue weighted by atomic mass is 35.5. The van der Waals surface area contributed by atoms with Gasteiger partial charge in [0.15, 0.2) is 0 Å². The molecule has 0 unspecified atom stereocenters. The van der Waals surface area contributed by atoms with Crippen LogP contribution in [0.25, 0.3) is 0 Å². The van der Waals surface area contributed by atoms with Gasteiger partial charge in [0.25, 0.3) is 5.91 Å². The largest absolute Gasteiger partial charge is 0.399 e. The van der Waals surface area contributed by atoms with E-state index in [1.165, 1.54) is 11.1 Å². The Morgan fingerprint density at radius 3 is 2.62 bits per heavy atom. The Morgan fingerprint density at radius 2 is 1.90 bits per heavy atom. The Labute approximate surface area is 128 Å². The number of anilines is 2. The number of halogens is 1. The van der Waals surface area contributed by atoms with Crippen LogP contribution in [0.3, 0.4) is 0 Å². The number of amides is 1. The van der Waals surface area contributed by atoms with Crippen LogP contribution in [0.5, 0.6) is 0 Å². The highest BCUT2D eigenvalue weighted by Gasteiger charge is 2.23. The van der Waals surface area contributed by atoms with E-state index in [9.17, 15) is 4.79 Å². The van der Waals surface area contributed by atoms with Crippen LogP contribution >= 0.6 is 11.6 Å². The van der Waals surface area contributed by atoms with Crippen LogP contribution in [0.4, 0.5) is 11.4 Å². The molecule has 1 amide bonds. The fraction of sp³-hybridized carbons (Fsp3) is 0.188. The Balaban J connectivity index is 2.04. The van der Waals surface area contributed by atoms with Crippen LogP contribution < -0.4 is 16.4 Å². The van der Waals surface area contributed by atoms with Crippen LogP contribution in [0, 0.1) is 0 Å². The number of primary amides is 1. The smallest absolute Gasteiger partial charge is 0.250 e. The van der Waals surface area contributed by atoms with Gasteiger partial charge in [0, 0.05) is 18.8 Å². The third kappa shape index (κ3) is 2.54. The third-order valence-corrected chi connectivity index (χ3v) is 4.09. The van der Waals surface area contributed by atoms with Gasteiger partial charge in [-0.05, 0) is 29.7 Å². The molecule has 5 heteroatoms. The number of carbonyl (C=O) groups is 1. The molecule has 0 bridgehead atoms. The molecule has 1 aliphatic rings. The summed E-state index contributed by atoms with van der Waals surface area (Å²) in [6.07, 6.45) is 0.912. The molecule has 0 radical (unpaired) electrons. The first-order valence-electron chi connectivity index (χ1n) is 6.77. The quantitative estimate of drug-likeness (QED) is 0.837. The lowest BCUT2D eigenvalue weighted by Gasteiger charge is -2.32. The van der Waals surface area contributed by atoms with Gasteiger partial charge < -0.3 is 16.4 Å². The first kappa shape index (κ1) is 13.8. The highest BCUT2D eigenvalue weighted by molar-refractivity contribution is 6.34. The van der Waals surface area contributed by atoms with Crippen molar-refractivity contribution in [2.75, 3.05) is 17.2 Å². The molecular weight excluding hydrogens is 286 g/mol. The summed E-state index contributed by atoms with van der Waals surface area (Å²) in [5.41, 5.74) is 15.3. The molecule has 0 aliphatic carbocycles. The molecule has 0 spiro atoms. The van der Waals surface area contributed by atoms with E-state index in [0.717, 1.165) is 13.0 Å². The summed E-state index contributed by atoms with van der Waals surface area (Å²) in [6.45, 7) is 1.50. The Hall–Kier alpha value is -2.20. The van der Waals surface area contributed by atoms with Gasteiger partial charge in [-0.15, -0.1) is 0 Å². The average Bonchev–Trinajstić information content (AvgIpc) is 2.46. The van der Waals surface area contributed by atoms with Crippen molar-refractivity contribution in [3.63, 3.8) is 0 Å². The fourth-order valence-corrected chi connectivity index (χ4v) is 3.16.